The second kappa shape index (κ2) is 7.48. The first-order valence-electron chi connectivity index (χ1n) is 7.25. The van der Waals surface area contributed by atoms with Crippen LogP contribution in [0.15, 0.2) is 48.5 Å². The maximum atomic E-state index is 6.18. The number of benzene rings is 2. The molecule has 2 atom stereocenters. The average molecular weight is 304 g/mol. The minimum absolute atomic E-state index is 0.00687. The largest absolute Gasteiger partial charge is 0.486 e. The molecule has 0 fully saturated rings. The molecule has 2 unspecified atom stereocenters. The second-order valence-corrected chi connectivity index (χ2v) is 5.76. The summed E-state index contributed by atoms with van der Waals surface area (Å²) in [6, 6.07) is 16.5. The quantitative estimate of drug-likeness (QED) is 0.830. The van der Waals surface area contributed by atoms with Gasteiger partial charge in [-0.15, -0.1) is 0 Å². The third-order valence-electron chi connectivity index (χ3n) is 3.65. The van der Waals surface area contributed by atoms with E-state index in [2.05, 4.69) is 24.4 Å². The third kappa shape index (κ3) is 4.48. The number of ether oxygens (including phenoxy) is 1. The van der Waals surface area contributed by atoms with Crippen molar-refractivity contribution in [3.05, 3.63) is 64.7 Å². The first-order chi connectivity index (χ1) is 10.1. The summed E-state index contributed by atoms with van der Waals surface area (Å²) in [6.07, 6.45) is 0.902. The molecule has 2 rings (SSSR count). The Kier molecular flexibility index (Phi) is 5.66. The Labute approximate surface area is 132 Å². The van der Waals surface area contributed by atoms with Crippen molar-refractivity contribution < 1.29 is 4.74 Å². The van der Waals surface area contributed by atoms with Crippen molar-refractivity contribution in [2.24, 2.45) is 0 Å². The summed E-state index contributed by atoms with van der Waals surface area (Å²) in [6.45, 7) is 4.14. The first kappa shape index (κ1) is 15.9. The van der Waals surface area contributed by atoms with Gasteiger partial charge in [0.25, 0.3) is 0 Å². The summed E-state index contributed by atoms with van der Waals surface area (Å²) in [5, 5.41) is 4.00. The molecule has 2 nitrogen and oxygen atoms in total. The van der Waals surface area contributed by atoms with E-state index in [1.165, 1.54) is 5.56 Å². The van der Waals surface area contributed by atoms with Crippen molar-refractivity contribution >= 4 is 11.6 Å². The predicted octanol–water partition coefficient (Wildman–Crippen LogP) is 4.77. The topological polar surface area (TPSA) is 21.3 Å². The van der Waals surface area contributed by atoms with Crippen LogP contribution in [0.3, 0.4) is 0 Å². The molecule has 1 N–H and O–H groups in total. The highest BCUT2D eigenvalue weighted by atomic mass is 35.5. The van der Waals surface area contributed by atoms with Crippen LogP contribution in [0.1, 0.15) is 30.6 Å². The summed E-state index contributed by atoms with van der Waals surface area (Å²) in [5.74, 6) is 0.808. The molecule has 0 aliphatic heterocycles. The fourth-order valence-electron chi connectivity index (χ4n) is 2.17. The van der Waals surface area contributed by atoms with Gasteiger partial charge in [0.15, 0.2) is 0 Å². The van der Waals surface area contributed by atoms with E-state index < -0.39 is 0 Å². The minimum atomic E-state index is 0.00687. The molecule has 0 heterocycles. The number of halogens is 1. The number of aryl methyl sites for hydroxylation is 1. The summed E-state index contributed by atoms with van der Waals surface area (Å²) in [7, 11) is 1.97. The molecule has 0 spiro atoms. The molecule has 112 valence electrons. The fourth-order valence-corrected chi connectivity index (χ4v) is 2.34. The summed E-state index contributed by atoms with van der Waals surface area (Å²) in [4.78, 5) is 0. The van der Waals surface area contributed by atoms with E-state index in [1.807, 2.05) is 50.4 Å². The summed E-state index contributed by atoms with van der Waals surface area (Å²) < 4.78 is 6.18. The van der Waals surface area contributed by atoms with Gasteiger partial charge in [0.2, 0.25) is 0 Å². The maximum absolute atomic E-state index is 6.18. The molecule has 3 heteroatoms. The van der Waals surface area contributed by atoms with Gasteiger partial charge >= 0.3 is 0 Å². The monoisotopic (exact) mass is 303 g/mol. The molecule has 2 aromatic carbocycles. The van der Waals surface area contributed by atoms with Gasteiger partial charge < -0.3 is 10.1 Å². The lowest BCUT2D eigenvalue weighted by atomic mass is 10.0. The highest BCUT2D eigenvalue weighted by molar-refractivity contribution is 6.31. The van der Waals surface area contributed by atoms with Gasteiger partial charge in [0, 0.05) is 17.5 Å². The number of hydrogen-bond acceptors (Lipinski definition) is 2. The Morgan fingerprint density at radius 3 is 2.48 bits per heavy atom. The van der Waals surface area contributed by atoms with E-state index in [0.717, 1.165) is 22.8 Å². The van der Waals surface area contributed by atoms with Crippen LogP contribution in [0, 0.1) is 6.92 Å². The molecule has 0 radical (unpaired) electrons. The molecular formula is C18H22ClNO. The van der Waals surface area contributed by atoms with E-state index in [1.54, 1.807) is 0 Å². The van der Waals surface area contributed by atoms with E-state index in [-0.39, 0.29) is 6.10 Å². The summed E-state index contributed by atoms with van der Waals surface area (Å²) in [5.41, 5.74) is 2.24. The zero-order valence-corrected chi connectivity index (χ0v) is 13.5. The van der Waals surface area contributed by atoms with Crippen LogP contribution in [0.25, 0.3) is 0 Å². The average Bonchev–Trinajstić information content (AvgIpc) is 2.51. The highest BCUT2D eigenvalue weighted by Gasteiger charge is 2.16. The Hall–Kier alpha value is -1.51. The Bertz CT molecular complexity index is 571. The van der Waals surface area contributed by atoms with E-state index in [4.69, 9.17) is 16.3 Å². The standard InChI is InChI=1S/C18H22ClNO/c1-13-9-10-16(12-17(13)19)21-18(11-14(2)20-3)15-7-5-4-6-8-15/h4-10,12,14,18,20H,11H2,1-3H3. The maximum Gasteiger partial charge on any atom is 0.125 e. The van der Waals surface area contributed by atoms with Crippen molar-refractivity contribution in [2.45, 2.75) is 32.4 Å². The molecule has 2 aromatic rings. The second-order valence-electron chi connectivity index (χ2n) is 5.35. The van der Waals surface area contributed by atoms with Crippen LogP contribution in [0.2, 0.25) is 5.02 Å². The molecule has 0 aliphatic carbocycles. The lowest BCUT2D eigenvalue weighted by Gasteiger charge is -2.23. The molecular weight excluding hydrogens is 282 g/mol. The van der Waals surface area contributed by atoms with Crippen molar-refractivity contribution in [3.8, 4) is 5.75 Å². The van der Waals surface area contributed by atoms with Crippen LogP contribution >= 0.6 is 11.6 Å². The van der Waals surface area contributed by atoms with Crippen LogP contribution in [-0.4, -0.2) is 13.1 Å². The van der Waals surface area contributed by atoms with E-state index in [0.29, 0.717) is 6.04 Å². The molecule has 0 aromatic heterocycles. The molecule has 0 amide bonds. The van der Waals surface area contributed by atoms with Gasteiger partial charge in [-0.1, -0.05) is 48.0 Å². The van der Waals surface area contributed by atoms with Crippen LogP contribution in [0.4, 0.5) is 0 Å². The smallest absolute Gasteiger partial charge is 0.125 e. The number of rotatable bonds is 6. The van der Waals surface area contributed by atoms with Crippen molar-refractivity contribution in [3.63, 3.8) is 0 Å². The van der Waals surface area contributed by atoms with Crippen LogP contribution in [0.5, 0.6) is 5.75 Å². The van der Waals surface area contributed by atoms with Gasteiger partial charge in [-0.2, -0.15) is 0 Å². The third-order valence-corrected chi connectivity index (χ3v) is 4.06. The van der Waals surface area contributed by atoms with Crippen LogP contribution in [-0.2, 0) is 0 Å². The Morgan fingerprint density at radius 2 is 1.86 bits per heavy atom. The fraction of sp³-hybridized carbons (Fsp3) is 0.333. The SMILES string of the molecule is CNC(C)CC(Oc1ccc(C)c(Cl)c1)c1ccccc1. The molecule has 0 saturated carbocycles. The molecule has 21 heavy (non-hydrogen) atoms. The van der Waals surface area contributed by atoms with E-state index >= 15 is 0 Å². The van der Waals surface area contributed by atoms with Crippen molar-refractivity contribution in [1.29, 1.82) is 0 Å². The number of hydrogen-bond donors (Lipinski definition) is 1. The predicted molar refractivity (Wildman–Crippen MR) is 89.1 cm³/mol. The zero-order chi connectivity index (χ0) is 15.2. The minimum Gasteiger partial charge on any atom is -0.486 e. The van der Waals surface area contributed by atoms with Gasteiger partial charge in [-0.25, -0.2) is 0 Å². The van der Waals surface area contributed by atoms with Gasteiger partial charge in [-0.3, -0.25) is 0 Å². The molecule has 0 saturated heterocycles. The van der Waals surface area contributed by atoms with Gasteiger partial charge in [-0.05, 0) is 44.2 Å². The number of nitrogens with one attached hydrogen (secondary N) is 1. The van der Waals surface area contributed by atoms with Gasteiger partial charge in [0.1, 0.15) is 11.9 Å². The highest BCUT2D eigenvalue weighted by Crippen LogP contribution is 2.29. The normalized spacial score (nSPS) is 13.7. The summed E-state index contributed by atoms with van der Waals surface area (Å²) >= 11 is 6.18. The van der Waals surface area contributed by atoms with Crippen LogP contribution < -0.4 is 10.1 Å². The van der Waals surface area contributed by atoms with Crippen molar-refractivity contribution in [1.82, 2.24) is 5.32 Å². The lowest BCUT2D eigenvalue weighted by Crippen LogP contribution is -2.25. The Balaban J connectivity index is 2.21. The van der Waals surface area contributed by atoms with E-state index in [9.17, 15) is 0 Å². The first-order valence-corrected chi connectivity index (χ1v) is 7.63. The lowest BCUT2D eigenvalue weighted by molar-refractivity contribution is 0.182. The van der Waals surface area contributed by atoms with Gasteiger partial charge in [0.05, 0.1) is 0 Å². The molecule has 0 aliphatic rings. The zero-order valence-electron chi connectivity index (χ0n) is 12.8. The molecule has 0 bridgehead atoms. The Morgan fingerprint density at radius 1 is 1.14 bits per heavy atom. The van der Waals surface area contributed by atoms with Crippen molar-refractivity contribution in [2.75, 3.05) is 7.05 Å².